The Hall–Kier alpha value is -1.40. The molecule has 0 fully saturated rings. The van der Waals surface area contributed by atoms with Crippen molar-refractivity contribution in [1.29, 1.82) is 0 Å². The van der Waals surface area contributed by atoms with Crippen LogP contribution in [-0.2, 0) is 6.54 Å². The van der Waals surface area contributed by atoms with Crippen molar-refractivity contribution in [2.45, 2.75) is 6.54 Å². The number of rotatable bonds is 3. The molecular formula is C8H6ClN3O2S. The summed E-state index contributed by atoms with van der Waals surface area (Å²) >= 11 is 6.88. The fourth-order valence-corrected chi connectivity index (χ4v) is 1.61. The van der Waals surface area contributed by atoms with Crippen LogP contribution >= 0.6 is 23.1 Å². The zero-order valence-electron chi connectivity index (χ0n) is 7.44. The van der Waals surface area contributed by atoms with Crippen molar-refractivity contribution in [3.8, 4) is 0 Å². The van der Waals surface area contributed by atoms with E-state index in [0.717, 1.165) is 4.88 Å². The molecule has 0 aliphatic heterocycles. The highest BCUT2D eigenvalue weighted by Crippen LogP contribution is 2.16. The maximum atomic E-state index is 11.5. The zero-order chi connectivity index (χ0) is 10.7. The van der Waals surface area contributed by atoms with E-state index in [-0.39, 0.29) is 11.1 Å². The van der Waals surface area contributed by atoms with Gasteiger partial charge in [-0.1, -0.05) is 4.49 Å². The lowest BCUT2D eigenvalue weighted by Crippen LogP contribution is -2.22. The van der Waals surface area contributed by atoms with Gasteiger partial charge in [-0.3, -0.25) is 4.79 Å². The van der Waals surface area contributed by atoms with E-state index >= 15 is 0 Å². The number of carbonyl (C=O) groups excluding carboxylic acids is 1. The molecule has 0 atom stereocenters. The minimum atomic E-state index is -0.276. The first-order valence-electron chi connectivity index (χ1n) is 4.05. The molecule has 1 N–H and O–H groups in total. The minimum absolute atomic E-state index is 0.0925. The Labute approximate surface area is 94.2 Å². The Balaban J connectivity index is 1.96. The molecule has 0 unspecified atom stereocenters. The van der Waals surface area contributed by atoms with Crippen LogP contribution in [0.25, 0.3) is 0 Å². The van der Waals surface area contributed by atoms with Gasteiger partial charge in [-0.15, -0.1) is 5.10 Å². The molecule has 1 amide bonds. The molecule has 0 aliphatic rings. The fraction of sp³-hybridized carbons (Fsp3) is 0.125. The molecule has 2 heterocycles. The molecule has 2 rings (SSSR count). The Kier molecular flexibility index (Phi) is 2.98. The molecule has 7 heteroatoms. The number of hydrogen-bond acceptors (Lipinski definition) is 5. The lowest BCUT2D eigenvalue weighted by Gasteiger charge is -1.99. The van der Waals surface area contributed by atoms with E-state index in [1.54, 1.807) is 6.20 Å². The third kappa shape index (κ3) is 2.34. The molecule has 78 valence electrons. The average Bonchev–Trinajstić information content (AvgIpc) is 2.84. The van der Waals surface area contributed by atoms with Crippen molar-refractivity contribution < 1.29 is 9.21 Å². The van der Waals surface area contributed by atoms with Gasteiger partial charge in [-0.2, -0.15) is 0 Å². The first kappa shape index (κ1) is 10.1. The summed E-state index contributed by atoms with van der Waals surface area (Å²) < 4.78 is 8.48. The molecule has 0 spiro atoms. The number of nitrogens with zero attached hydrogens (tertiary/aromatic N) is 2. The van der Waals surface area contributed by atoms with Gasteiger partial charge in [-0.25, -0.2) is 0 Å². The van der Waals surface area contributed by atoms with E-state index in [1.807, 2.05) is 0 Å². The summed E-state index contributed by atoms with van der Waals surface area (Å²) in [4.78, 5) is 12.4. The van der Waals surface area contributed by atoms with Gasteiger partial charge < -0.3 is 9.73 Å². The molecule has 0 radical (unpaired) electrons. The molecule has 2 aromatic rings. The maximum absolute atomic E-state index is 11.5. The molecule has 2 aromatic heterocycles. The summed E-state index contributed by atoms with van der Waals surface area (Å²) in [6.45, 7) is 0.387. The van der Waals surface area contributed by atoms with Crippen molar-refractivity contribution >= 4 is 29.0 Å². The van der Waals surface area contributed by atoms with Crippen LogP contribution in [0.3, 0.4) is 0 Å². The number of aromatic nitrogens is 2. The smallest absolute Gasteiger partial charge is 0.256 e. The molecule has 0 aliphatic carbocycles. The zero-order valence-corrected chi connectivity index (χ0v) is 9.01. The largest absolute Gasteiger partial charge is 0.452 e. The highest BCUT2D eigenvalue weighted by Gasteiger charge is 2.12. The van der Waals surface area contributed by atoms with E-state index < -0.39 is 0 Å². The van der Waals surface area contributed by atoms with Crippen LogP contribution in [-0.4, -0.2) is 15.5 Å². The summed E-state index contributed by atoms with van der Waals surface area (Å²) in [5.41, 5.74) is 0.328. The Morgan fingerprint density at radius 2 is 2.53 bits per heavy atom. The highest BCUT2D eigenvalue weighted by atomic mass is 35.5. The molecule has 0 saturated heterocycles. The Morgan fingerprint density at radius 1 is 1.67 bits per heavy atom. The van der Waals surface area contributed by atoms with Gasteiger partial charge in [0, 0.05) is 0 Å². The van der Waals surface area contributed by atoms with Crippen LogP contribution < -0.4 is 5.32 Å². The Bertz CT molecular complexity index is 454. The van der Waals surface area contributed by atoms with Crippen molar-refractivity contribution in [3.63, 3.8) is 0 Å². The molecule has 5 nitrogen and oxygen atoms in total. The van der Waals surface area contributed by atoms with Crippen LogP contribution in [0, 0.1) is 0 Å². The SMILES string of the molecule is O=C(NCc1cnns1)c1ccoc1Cl. The van der Waals surface area contributed by atoms with Gasteiger partial charge in [0.2, 0.25) is 5.22 Å². The lowest BCUT2D eigenvalue weighted by molar-refractivity contribution is 0.0951. The standard InChI is InChI=1S/C8H6ClN3O2S/c9-7-6(1-2-14-7)8(13)10-3-5-4-11-12-15-5/h1-2,4H,3H2,(H,10,13). The predicted molar refractivity (Wildman–Crippen MR) is 54.8 cm³/mol. The second-order valence-electron chi connectivity index (χ2n) is 2.67. The molecule has 0 saturated carbocycles. The van der Waals surface area contributed by atoms with Crippen molar-refractivity contribution in [2.24, 2.45) is 0 Å². The van der Waals surface area contributed by atoms with Crippen LogP contribution in [0.2, 0.25) is 5.22 Å². The molecule has 0 bridgehead atoms. The first-order chi connectivity index (χ1) is 7.27. The van der Waals surface area contributed by atoms with E-state index in [9.17, 15) is 4.79 Å². The van der Waals surface area contributed by atoms with Crippen LogP contribution in [0.4, 0.5) is 0 Å². The lowest BCUT2D eigenvalue weighted by atomic mass is 10.3. The van der Waals surface area contributed by atoms with Gasteiger partial charge in [0.1, 0.15) is 0 Å². The van der Waals surface area contributed by atoms with Crippen molar-refractivity contribution in [1.82, 2.24) is 14.9 Å². The van der Waals surface area contributed by atoms with Gasteiger partial charge >= 0.3 is 0 Å². The summed E-state index contributed by atoms with van der Waals surface area (Å²) in [6.07, 6.45) is 2.97. The fourth-order valence-electron chi connectivity index (χ4n) is 0.984. The summed E-state index contributed by atoms with van der Waals surface area (Å²) in [5.74, 6) is -0.276. The Morgan fingerprint density at radius 3 is 3.13 bits per heavy atom. The quantitative estimate of drug-likeness (QED) is 0.891. The maximum Gasteiger partial charge on any atom is 0.256 e. The van der Waals surface area contributed by atoms with Crippen molar-refractivity contribution in [3.05, 3.63) is 34.2 Å². The van der Waals surface area contributed by atoms with Gasteiger partial charge in [-0.05, 0) is 29.2 Å². The molecular weight excluding hydrogens is 238 g/mol. The number of hydrogen-bond donors (Lipinski definition) is 1. The third-order valence-electron chi connectivity index (χ3n) is 1.69. The summed E-state index contributed by atoms with van der Waals surface area (Å²) in [6, 6.07) is 1.52. The number of furan rings is 1. The molecule has 15 heavy (non-hydrogen) atoms. The second kappa shape index (κ2) is 4.41. The first-order valence-corrected chi connectivity index (χ1v) is 5.20. The monoisotopic (exact) mass is 243 g/mol. The van der Waals surface area contributed by atoms with E-state index in [1.165, 1.54) is 23.9 Å². The second-order valence-corrected chi connectivity index (χ2v) is 3.89. The van der Waals surface area contributed by atoms with Crippen molar-refractivity contribution in [2.75, 3.05) is 0 Å². The van der Waals surface area contributed by atoms with Gasteiger partial charge in [0.25, 0.3) is 5.91 Å². The number of halogens is 1. The van der Waals surface area contributed by atoms with Gasteiger partial charge in [0.05, 0.1) is 29.4 Å². The van der Waals surface area contributed by atoms with Crippen LogP contribution in [0.15, 0.2) is 22.9 Å². The summed E-state index contributed by atoms with van der Waals surface area (Å²) in [7, 11) is 0. The van der Waals surface area contributed by atoms with Crippen LogP contribution in [0.1, 0.15) is 15.2 Å². The predicted octanol–water partition coefficient (Wildman–Crippen LogP) is 1.71. The number of carbonyl (C=O) groups is 1. The minimum Gasteiger partial charge on any atom is -0.452 e. The average molecular weight is 244 g/mol. The number of nitrogens with one attached hydrogen (secondary N) is 1. The molecule has 0 aromatic carbocycles. The van der Waals surface area contributed by atoms with E-state index in [2.05, 4.69) is 14.9 Å². The van der Waals surface area contributed by atoms with E-state index in [0.29, 0.717) is 12.1 Å². The highest BCUT2D eigenvalue weighted by molar-refractivity contribution is 7.05. The normalized spacial score (nSPS) is 10.2. The number of amides is 1. The topological polar surface area (TPSA) is 68.0 Å². The van der Waals surface area contributed by atoms with E-state index in [4.69, 9.17) is 16.0 Å². The summed E-state index contributed by atoms with van der Waals surface area (Å²) in [5, 5.41) is 6.42. The third-order valence-corrected chi connectivity index (χ3v) is 2.65. The van der Waals surface area contributed by atoms with Crippen LogP contribution in [0.5, 0.6) is 0 Å². The van der Waals surface area contributed by atoms with Gasteiger partial charge in [0.15, 0.2) is 0 Å².